The number of nitrogens with zero attached hydrogens (tertiary/aromatic N) is 3. The number of methoxy groups -OCH3 is 2. The molecule has 1 fully saturated rings. The van der Waals surface area contributed by atoms with Gasteiger partial charge < -0.3 is 24.0 Å². The van der Waals surface area contributed by atoms with E-state index < -0.39 is 0 Å². The lowest BCUT2D eigenvalue weighted by atomic mass is 9.68. The molecule has 0 radical (unpaired) electrons. The first-order valence-electron chi connectivity index (χ1n) is 11.4. The fourth-order valence-corrected chi connectivity index (χ4v) is 5.83. The number of amides is 1. The van der Waals surface area contributed by atoms with E-state index in [1.807, 2.05) is 30.1 Å². The number of aliphatic hydroxyl groups is 1. The van der Waals surface area contributed by atoms with Crippen molar-refractivity contribution in [3.63, 3.8) is 0 Å². The van der Waals surface area contributed by atoms with Crippen LogP contribution in [-0.4, -0.2) is 72.4 Å². The summed E-state index contributed by atoms with van der Waals surface area (Å²) in [4.78, 5) is 16.6. The highest BCUT2D eigenvalue weighted by Gasteiger charge is 2.54. The third-order valence-corrected chi connectivity index (χ3v) is 7.30. The molecule has 1 saturated heterocycles. The largest absolute Gasteiger partial charge is 0.497 e. The summed E-state index contributed by atoms with van der Waals surface area (Å²) in [5.41, 5.74) is 3.81. The molecule has 8 heteroatoms. The van der Waals surface area contributed by atoms with Gasteiger partial charge in [0.05, 0.1) is 25.3 Å². The summed E-state index contributed by atoms with van der Waals surface area (Å²) in [6, 6.07) is 12.4. The van der Waals surface area contributed by atoms with Crippen LogP contribution >= 0.6 is 0 Å². The minimum absolute atomic E-state index is 0.0301. The molecule has 5 rings (SSSR count). The summed E-state index contributed by atoms with van der Waals surface area (Å²) in [5.74, 6) is 0.460. The van der Waals surface area contributed by atoms with Crippen LogP contribution in [0.3, 0.4) is 0 Å². The maximum Gasteiger partial charge on any atom is 0.248 e. The second kappa shape index (κ2) is 8.69. The third-order valence-electron chi connectivity index (χ3n) is 7.30. The Morgan fingerprint density at radius 2 is 1.97 bits per heavy atom. The average Bonchev–Trinajstić information content (AvgIpc) is 3.09. The molecule has 180 valence electrons. The number of hydrogen-bond donors (Lipinski definition) is 1. The van der Waals surface area contributed by atoms with Crippen molar-refractivity contribution in [2.75, 3.05) is 47.1 Å². The molecule has 3 heterocycles. The summed E-state index contributed by atoms with van der Waals surface area (Å²) in [5, 5.41) is 11.6. The molecule has 1 spiro atoms. The molecule has 1 amide bonds. The van der Waals surface area contributed by atoms with Crippen molar-refractivity contribution >= 4 is 16.8 Å². The quantitative estimate of drug-likeness (QED) is 0.604. The van der Waals surface area contributed by atoms with Crippen LogP contribution < -0.4 is 4.74 Å². The van der Waals surface area contributed by atoms with Gasteiger partial charge in [0.15, 0.2) is 0 Å². The molecular formula is C26H30FN3O4. The van der Waals surface area contributed by atoms with Gasteiger partial charge in [-0.3, -0.25) is 9.69 Å². The first-order chi connectivity index (χ1) is 16.4. The van der Waals surface area contributed by atoms with Gasteiger partial charge in [-0.15, -0.1) is 0 Å². The highest BCUT2D eigenvalue weighted by atomic mass is 19.1. The maximum atomic E-state index is 13.9. The third kappa shape index (κ3) is 3.57. The number of fused-ring (bicyclic) bond motifs is 4. The number of carbonyl (C=O) groups excluding carboxylic acids is 1. The lowest BCUT2D eigenvalue weighted by Gasteiger charge is -2.56. The van der Waals surface area contributed by atoms with Gasteiger partial charge in [-0.25, -0.2) is 4.39 Å². The summed E-state index contributed by atoms with van der Waals surface area (Å²) in [6.07, 6.45) is 0. The predicted molar refractivity (Wildman–Crippen MR) is 126 cm³/mol. The van der Waals surface area contributed by atoms with Gasteiger partial charge in [-0.1, -0.05) is 12.1 Å². The number of aromatic nitrogens is 1. The average molecular weight is 468 g/mol. The summed E-state index contributed by atoms with van der Waals surface area (Å²) < 4.78 is 26.6. The van der Waals surface area contributed by atoms with Crippen molar-refractivity contribution in [1.29, 1.82) is 0 Å². The van der Waals surface area contributed by atoms with E-state index in [-0.39, 0.29) is 36.4 Å². The maximum absolute atomic E-state index is 13.9. The van der Waals surface area contributed by atoms with Gasteiger partial charge in [0.1, 0.15) is 18.2 Å². The van der Waals surface area contributed by atoms with Gasteiger partial charge in [-0.05, 0) is 35.4 Å². The fraction of sp³-hybridized carbons (Fsp3) is 0.423. The predicted octanol–water partition coefficient (Wildman–Crippen LogP) is 2.60. The molecule has 0 bridgehead atoms. The lowest BCUT2D eigenvalue weighted by molar-refractivity contribution is -0.144. The molecule has 7 nitrogen and oxygen atoms in total. The topological polar surface area (TPSA) is 67.2 Å². The molecule has 2 aliphatic heterocycles. The molecule has 0 unspecified atom stereocenters. The van der Waals surface area contributed by atoms with Crippen molar-refractivity contribution in [2.45, 2.75) is 18.0 Å². The minimum atomic E-state index is -0.286. The zero-order chi connectivity index (χ0) is 24.0. The second-order valence-electron chi connectivity index (χ2n) is 9.40. The van der Waals surface area contributed by atoms with Crippen LogP contribution in [0.2, 0.25) is 0 Å². The summed E-state index contributed by atoms with van der Waals surface area (Å²) >= 11 is 0. The first kappa shape index (κ1) is 22.8. The number of rotatable bonds is 6. The number of likely N-dealkylation sites (tertiary alicyclic amines) is 1. The molecule has 34 heavy (non-hydrogen) atoms. The fourth-order valence-electron chi connectivity index (χ4n) is 5.83. The van der Waals surface area contributed by atoms with Crippen LogP contribution in [0.1, 0.15) is 22.9 Å². The van der Waals surface area contributed by atoms with Gasteiger partial charge in [-0.2, -0.15) is 0 Å². The van der Waals surface area contributed by atoms with Gasteiger partial charge in [0.2, 0.25) is 5.91 Å². The summed E-state index contributed by atoms with van der Waals surface area (Å²) in [6.45, 7) is 2.30. The van der Waals surface area contributed by atoms with E-state index in [1.165, 1.54) is 24.8 Å². The molecule has 0 aliphatic carbocycles. The Kier molecular flexibility index (Phi) is 5.83. The molecule has 1 aromatic heterocycles. The zero-order valence-electron chi connectivity index (χ0n) is 19.8. The molecular weight excluding hydrogens is 437 g/mol. The number of halogens is 1. The van der Waals surface area contributed by atoms with E-state index in [9.17, 15) is 14.3 Å². The van der Waals surface area contributed by atoms with Crippen LogP contribution in [0.15, 0.2) is 42.5 Å². The summed E-state index contributed by atoms with van der Waals surface area (Å²) in [7, 11) is 5.18. The van der Waals surface area contributed by atoms with E-state index in [0.717, 1.165) is 27.9 Å². The Morgan fingerprint density at radius 1 is 1.18 bits per heavy atom. The van der Waals surface area contributed by atoms with Gasteiger partial charge in [0.25, 0.3) is 0 Å². The number of aliphatic hydroxyl groups excluding tert-OH is 1. The van der Waals surface area contributed by atoms with Crippen molar-refractivity contribution < 1.29 is 23.8 Å². The standard InChI is InChI=1S/C26H30FN3O4/c1-28-21-10-19(34-3)7-8-20(21)24-25(28)22(12-31)29(11-17-5-4-6-18(27)9-17)14-26(24)15-30(16-26)23(32)13-33-2/h4-10,22,31H,11-16H2,1-3H3/t22-/m1/s1. The monoisotopic (exact) mass is 467 g/mol. The Labute approximate surface area is 198 Å². The van der Waals surface area contributed by atoms with Gasteiger partial charge in [0, 0.05) is 62.9 Å². The Morgan fingerprint density at radius 3 is 2.65 bits per heavy atom. The van der Waals surface area contributed by atoms with Gasteiger partial charge >= 0.3 is 0 Å². The van der Waals surface area contributed by atoms with Crippen LogP contribution in [0.25, 0.3) is 10.9 Å². The highest BCUT2D eigenvalue weighted by molar-refractivity contribution is 5.89. The first-order valence-corrected chi connectivity index (χ1v) is 11.4. The number of benzene rings is 2. The van der Waals surface area contributed by atoms with E-state index >= 15 is 0 Å². The van der Waals surface area contributed by atoms with E-state index in [0.29, 0.717) is 26.2 Å². The SMILES string of the molecule is COCC(=O)N1CC2(C1)CN(Cc1cccc(F)c1)[C@H](CO)c1c2c2ccc(OC)cc2n1C. The van der Waals surface area contributed by atoms with Crippen molar-refractivity contribution in [1.82, 2.24) is 14.4 Å². The van der Waals surface area contributed by atoms with Crippen LogP contribution in [0.5, 0.6) is 5.75 Å². The zero-order valence-corrected chi connectivity index (χ0v) is 19.8. The Balaban J connectivity index is 1.62. The van der Waals surface area contributed by atoms with Crippen LogP contribution in [0.4, 0.5) is 4.39 Å². The van der Waals surface area contributed by atoms with E-state index in [4.69, 9.17) is 9.47 Å². The molecule has 3 aromatic rings. The smallest absolute Gasteiger partial charge is 0.248 e. The second-order valence-corrected chi connectivity index (χ2v) is 9.40. The normalized spacial score (nSPS) is 19.3. The molecule has 0 saturated carbocycles. The van der Waals surface area contributed by atoms with Crippen molar-refractivity contribution in [3.05, 3.63) is 65.1 Å². The van der Waals surface area contributed by atoms with E-state index in [2.05, 4.69) is 15.5 Å². The van der Waals surface area contributed by atoms with Crippen molar-refractivity contribution in [2.24, 2.45) is 7.05 Å². The highest BCUT2D eigenvalue weighted by Crippen LogP contribution is 2.50. The van der Waals surface area contributed by atoms with Crippen LogP contribution in [0, 0.1) is 5.82 Å². The molecule has 2 aromatic carbocycles. The number of hydrogen-bond acceptors (Lipinski definition) is 5. The minimum Gasteiger partial charge on any atom is -0.497 e. The van der Waals surface area contributed by atoms with E-state index in [1.54, 1.807) is 13.2 Å². The lowest BCUT2D eigenvalue weighted by Crippen LogP contribution is -2.68. The number of carbonyl (C=O) groups is 1. The number of ether oxygens (including phenoxy) is 2. The number of aryl methyl sites for hydroxylation is 1. The van der Waals surface area contributed by atoms with Crippen LogP contribution in [-0.2, 0) is 28.5 Å². The van der Waals surface area contributed by atoms with Crippen molar-refractivity contribution in [3.8, 4) is 5.75 Å². The Hall–Kier alpha value is -2.94. The molecule has 2 aliphatic rings. The Bertz CT molecular complexity index is 1230. The molecule has 1 atom stereocenters. The molecule has 1 N–H and O–H groups in total.